The number of benzene rings is 2. The maximum atomic E-state index is 11.0. The summed E-state index contributed by atoms with van der Waals surface area (Å²) < 4.78 is 11.1. The van der Waals surface area contributed by atoms with Gasteiger partial charge in [0.1, 0.15) is 5.75 Å². The lowest BCUT2D eigenvalue weighted by molar-refractivity contribution is -0.137. The zero-order chi connectivity index (χ0) is 19.6. The number of allylic oxidation sites excluding steroid dienone is 1. The van der Waals surface area contributed by atoms with Crippen LogP contribution in [0, 0.1) is 0 Å². The van der Waals surface area contributed by atoms with Crippen LogP contribution < -0.4 is 4.74 Å². The highest BCUT2D eigenvalue weighted by atomic mass is 16.5. The summed E-state index contributed by atoms with van der Waals surface area (Å²) in [5.41, 5.74) is 5.28. The summed E-state index contributed by atoms with van der Waals surface area (Å²) in [5.74, 6) is 0.646. The first-order valence-corrected chi connectivity index (χ1v) is 10.1. The highest BCUT2D eigenvalue weighted by Crippen LogP contribution is 2.33. The number of carbonyl (C=O) groups is 1. The van der Waals surface area contributed by atoms with Gasteiger partial charge < -0.3 is 9.47 Å². The zero-order valence-electron chi connectivity index (χ0n) is 16.4. The van der Waals surface area contributed by atoms with E-state index in [0.29, 0.717) is 13.2 Å². The van der Waals surface area contributed by atoms with Gasteiger partial charge >= 0.3 is 5.97 Å². The first-order chi connectivity index (χ1) is 13.8. The lowest BCUT2D eigenvalue weighted by atomic mass is 10.0. The molecule has 3 heteroatoms. The van der Waals surface area contributed by atoms with Crippen LogP contribution in [-0.2, 0) is 16.0 Å². The Morgan fingerprint density at radius 3 is 2.61 bits per heavy atom. The van der Waals surface area contributed by atoms with Gasteiger partial charge in [-0.3, -0.25) is 0 Å². The molecular weight excluding hydrogens is 348 g/mol. The summed E-state index contributed by atoms with van der Waals surface area (Å²) in [6.45, 7) is 4.51. The molecule has 0 radical (unpaired) electrons. The number of hydrogen-bond acceptors (Lipinski definition) is 3. The molecule has 2 aromatic rings. The SMILES string of the molecule is C=CC(=O)OCCCCCOc1cccc2c1CCCC(c1ccccc1)=C2. The van der Waals surface area contributed by atoms with Crippen LogP contribution >= 0.6 is 0 Å². The van der Waals surface area contributed by atoms with Crippen LogP contribution in [0.2, 0.25) is 0 Å². The minimum absolute atomic E-state index is 0.355. The smallest absolute Gasteiger partial charge is 0.330 e. The summed E-state index contributed by atoms with van der Waals surface area (Å²) in [6, 6.07) is 17.0. The molecule has 0 aliphatic heterocycles. The monoisotopic (exact) mass is 376 g/mol. The average molecular weight is 376 g/mol. The van der Waals surface area contributed by atoms with Crippen molar-refractivity contribution >= 4 is 17.6 Å². The highest BCUT2D eigenvalue weighted by molar-refractivity contribution is 5.83. The lowest BCUT2D eigenvalue weighted by Crippen LogP contribution is -2.04. The highest BCUT2D eigenvalue weighted by Gasteiger charge is 2.14. The second-order valence-electron chi connectivity index (χ2n) is 6.99. The number of fused-ring (bicyclic) bond motifs is 1. The summed E-state index contributed by atoms with van der Waals surface area (Å²) in [7, 11) is 0. The van der Waals surface area contributed by atoms with Gasteiger partial charge in [0.25, 0.3) is 0 Å². The maximum Gasteiger partial charge on any atom is 0.330 e. The van der Waals surface area contributed by atoms with Gasteiger partial charge in [-0.1, -0.05) is 55.1 Å². The molecule has 0 heterocycles. The second-order valence-corrected chi connectivity index (χ2v) is 6.99. The van der Waals surface area contributed by atoms with E-state index < -0.39 is 0 Å². The van der Waals surface area contributed by atoms with Gasteiger partial charge in [-0.05, 0) is 61.3 Å². The van der Waals surface area contributed by atoms with Crippen LogP contribution in [0.25, 0.3) is 11.6 Å². The van der Waals surface area contributed by atoms with Crippen molar-refractivity contribution in [3.05, 3.63) is 77.9 Å². The fraction of sp³-hybridized carbons (Fsp3) is 0.320. The van der Waals surface area contributed by atoms with E-state index in [9.17, 15) is 4.79 Å². The Bertz CT molecular complexity index is 821. The Morgan fingerprint density at radius 1 is 0.964 bits per heavy atom. The molecule has 0 bridgehead atoms. The van der Waals surface area contributed by atoms with E-state index in [1.807, 2.05) is 0 Å². The molecule has 28 heavy (non-hydrogen) atoms. The number of esters is 1. The normalized spacial score (nSPS) is 13.1. The van der Waals surface area contributed by atoms with Crippen LogP contribution in [-0.4, -0.2) is 19.2 Å². The number of rotatable bonds is 9. The average Bonchev–Trinajstić information content (AvgIpc) is 2.96. The molecule has 1 aliphatic carbocycles. The fourth-order valence-electron chi connectivity index (χ4n) is 3.51. The number of ether oxygens (including phenoxy) is 2. The number of hydrogen-bond donors (Lipinski definition) is 0. The Labute approximate surface area is 167 Å². The van der Waals surface area contributed by atoms with Crippen molar-refractivity contribution in [1.29, 1.82) is 0 Å². The third-order valence-electron chi connectivity index (χ3n) is 4.97. The van der Waals surface area contributed by atoms with Gasteiger partial charge in [0.2, 0.25) is 0 Å². The minimum atomic E-state index is -0.355. The molecular formula is C25H28O3. The number of unbranched alkanes of at least 4 members (excludes halogenated alkanes) is 2. The Hall–Kier alpha value is -2.81. The van der Waals surface area contributed by atoms with Crippen molar-refractivity contribution in [2.24, 2.45) is 0 Å². The summed E-state index contributed by atoms with van der Waals surface area (Å²) in [5, 5.41) is 0. The first-order valence-electron chi connectivity index (χ1n) is 10.1. The van der Waals surface area contributed by atoms with Crippen LogP contribution in [0.3, 0.4) is 0 Å². The van der Waals surface area contributed by atoms with Crippen molar-refractivity contribution in [3.8, 4) is 5.75 Å². The largest absolute Gasteiger partial charge is 0.493 e. The molecule has 146 valence electrons. The molecule has 3 rings (SSSR count). The van der Waals surface area contributed by atoms with Crippen LogP contribution in [0.15, 0.2) is 61.2 Å². The molecule has 0 fully saturated rings. The number of carbonyl (C=O) groups excluding carboxylic acids is 1. The van der Waals surface area contributed by atoms with E-state index in [-0.39, 0.29) is 5.97 Å². The molecule has 3 nitrogen and oxygen atoms in total. The van der Waals surface area contributed by atoms with Crippen LogP contribution in [0.5, 0.6) is 5.75 Å². The molecule has 0 saturated heterocycles. The van der Waals surface area contributed by atoms with E-state index in [2.05, 4.69) is 61.2 Å². The zero-order valence-corrected chi connectivity index (χ0v) is 16.4. The van der Waals surface area contributed by atoms with Crippen molar-refractivity contribution < 1.29 is 14.3 Å². The quantitative estimate of drug-likeness (QED) is 0.313. The van der Waals surface area contributed by atoms with Gasteiger partial charge in [-0.2, -0.15) is 0 Å². The topological polar surface area (TPSA) is 35.5 Å². The van der Waals surface area contributed by atoms with E-state index in [0.717, 1.165) is 44.3 Å². The van der Waals surface area contributed by atoms with Gasteiger partial charge in [-0.15, -0.1) is 0 Å². The van der Waals surface area contributed by atoms with E-state index in [1.165, 1.54) is 28.3 Å². The van der Waals surface area contributed by atoms with Gasteiger partial charge in [0, 0.05) is 11.6 Å². The molecule has 0 atom stereocenters. The molecule has 2 aromatic carbocycles. The maximum absolute atomic E-state index is 11.0. The molecule has 0 amide bonds. The summed E-state index contributed by atoms with van der Waals surface area (Å²) in [4.78, 5) is 11.0. The lowest BCUT2D eigenvalue weighted by Gasteiger charge is -2.13. The Morgan fingerprint density at radius 2 is 1.79 bits per heavy atom. The van der Waals surface area contributed by atoms with Crippen molar-refractivity contribution in [2.45, 2.75) is 38.5 Å². The predicted molar refractivity (Wildman–Crippen MR) is 114 cm³/mol. The van der Waals surface area contributed by atoms with E-state index >= 15 is 0 Å². The van der Waals surface area contributed by atoms with Gasteiger partial charge in [0.05, 0.1) is 13.2 Å². The van der Waals surface area contributed by atoms with Crippen LogP contribution in [0.1, 0.15) is 48.8 Å². The Balaban J connectivity index is 1.56. The summed E-state index contributed by atoms with van der Waals surface area (Å²) in [6.07, 6.45) is 9.53. The second kappa shape index (κ2) is 10.5. The summed E-state index contributed by atoms with van der Waals surface area (Å²) >= 11 is 0. The van der Waals surface area contributed by atoms with Crippen LogP contribution in [0.4, 0.5) is 0 Å². The first kappa shape index (κ1) is 19.9. The van der Waals surface area contributed by atoms with Gasteiger partial charge in [-0.25, -0.2) is 4.79 Å². The predicted octanol–water partition coefficient (Wildman–Crippen LogP) is 5.84. The fourth-order valence-corrected chi connectivity index (χ4v) is 3.51. The molecule has 0 saturated carbocycles. The standard InChI is InChI=1S/C25H28O3/c1-2-25(26)28-18-8-4-7-17-27-24-16-10-14-22-19-21(13-9-15-23(22)24)20-11-5-3-6-12-20/h2-3,5-6,10-12,14,16,19H,1,4,7-9,13,15,17-18H2. The molecule has 0 aromatic heterocycles. The van der Waals surface area contributed by atoms with Crippen molar-refractivity contribution in [1.82, 2.24) is 0 Å². The van der Waals surface area contributed by atoms with Crippen molar-refractivity contribution in [2.75, 3.05) is 13.2 Å². The third-order valence-corrected chi connectivity index (χ3v) is 4.97. The van der Waals surface area contributed by atoms with Crippen molar-refractivity contribution in [3.63, 3.8) is 0 Å². The molecule has 0 spiro atoms. The third kappa shape index (κ3) is 5.59. The minimum Gasteiger partial charge on any atom is -0.493 e. The Kier molecular flexibility index (Phi) is 7.48. The molecule has 1 aliphatic rings. The molecule has 0 unspecified atom stereocenters. The molecule has 0 N–H and O–H groups in total. The van der Waals surface area contributed by atoms with E-state index in [4.69, 9.17) is 9.47 Å². The van der Waals surface area contributed by atoms with Gasteiger partial charge in [0.15, 0.2) is 0 Å². The van der Waals surface area contributed by atoms with E-state index in [1.54, 1.807) is 0 Å².